The van der Waals surface area contributed by atoms with Crippen LogP contribution in [0.1, 0.15) is 17.8 Å². The summed E-state index contributed by atoms with van der Waals surface area (Å²) in [6.45, 7) is 0.696. The fourth-order valence-electron chi connectivity index (χ4n) is 3.80. The topological polar surface area (TPSA) is 115 Å². The van der Waals surface area contributed by atoms with Gasteiger partial charge in [-0.25, -0.2) is 13.9 Å². The molecule has 1 N–H and O–H groups in total. The predicted molar refractivity (Wildman–Crippen MR) is 116 cm³/mol. The molecule has 3 aromatic heterocycles. The second kappa shape index (κ2) is 9.15. The van der Waals surface area contributed by atoms with Crippen LogP contribution in [0.3, 0.4) is 0 Å². The fourth-order valence-corrected chi connectivity index (χ4v) is 3.80. The van der Waals surface area contributed by atoms with E-state index in [1.165, 1.54) is 11.0 Å². The summed E-state index contributed by atoms with van der Waals surface area (Å²) < 4.78 is 21.9. The molecule has 33 heavy (non-hydrogen) atoms. The highest BCUT2D eigenvalue weighted by atomic mass is 19.1. The standard InChI is InChI=1S/C22H21FN8O2/c23-21-10-18(31-14-19(33-22(31)32)13-30-9-8-25-29-30)6-7-20(21)15-4-5-16(24-11-15)2-1-3-17-12-26-28-27-17/h4-12,19H,1-3,13-14H2,(H,26,27,28)/t19-/m0/s1. The van der Waals surface area contributed by atoms with Crippen molar-refractivity contribution < 1.29 is 13.9 Å². The van der Waals surface area contributed by atoms with Crippen LogP contribution in [0, 0.1) is 5.82 Å². The largest absolute Gasteiger partial charge is 0.442 e. The minimum absolute atomic E-state index is 0.308. The minimum Gasteiger partial charge on any atom is -0.442 e. The summed E-state index contributed by atoms with van der Waals surface area (Å²) in [6, 6.07) is 8.47. The third-order valence-corrected chi connectivity index (χ3v) is 5.47. The highest BCUT2D eigenvalue weighted by molar-refractivity contribution is 5.90. The van der Waals surface area contributed by atoms with Gasteiger partial charge in [0, 0.05) is 29.2 Å². The van der Waals surface area contributed by atoms with Crippen LogP contribution >= 0.6 is 0 Å². The van der Waals surface area contributed by atoms with Crippen molar-refractivity contribution in [2.45, 2.75) is 31.9 Å². The maximum absolute atomic E-state index is 14.9. The van der Waals surface area contributed by atoms with E-state index in [1.807, 2.05) is 12.1 Å². The number of hydrogen-bond acceptors (Lipinski definition) is 7. The average molecular weight is 448 g/mol. The Balaban J connectivity index is 1.22. The van der Waals surface area contributed by atoms with Gasteiger partial charge in [0.1, 0.15) is 11.9 Å². The van der Waals surface area contributed by atoms with Crippen LogP contribution in [0.2, 0.25) is 0 Å². The number of benzene rings is 1. The molecule has 10 nitrogen and oxygen atoms in total. The summed E-state index contributed by atoms with van der Waals surface area (Å²) in [5, 5.41) is 18.0. The van der Waals surface area contributed by atoms with Crippen LogP contribution in [0.25, 0.3) is 11.1 Å². The Hall–Kier alpha value is -4.15. The summed E-state index contributed by atoms with van der Waals surface area (Å²) in [4.78, 5) is 18.2. The van der Waals surface area contributed by atoms with E-state index in [1.54, 1.807) is 41.6 Å². The molecule has 0 saturated carbocycles. The number of H-pyrrole nitrogens is 1. The molecular formula is C22H21FN8O2. The summed E-state index contributed by atoms with van der Waals surface area (Å²) in [5.74, 6) is -0.430. The van der Waals surface area contributed by atoms with Crippen LogP contribution in [0.5, 0.6) is 0 Å². The summed E-state index contributed by atoms with van der Waals surface area (Å²) >= 11 is 0. The number of pyridine rings is 1. The van der Waals surface area contributed by atoms with Crippen molar-refractivity contribution in [3.8, 4) is 11.1 Å². The molecule has 0 bridgehead atoms. The van der Waals surface area contributed by atoms with Crippen molar-refractivity contribution in [2.24, 2.45) is 0 Å². The zero-order chi connectivity index (χ0) is 22.6. The lowest BCUT2D eigenvalue weighted by molar-refractivity contribution is 0.129. The van der Waals surface area contributed by atoms with Crippen LogP contribution in [0.4, 0.5) is 14.9 Å². The Kier molecular flexibility index (Phi) is 5.75. The normalized spacial score (nSPS) is 15.7. The van der Waals surface area contributed by atoms with Gasteiger partial charge in [0.15, 0.2) is 0 Å². The van der Waals surface area contributed by atoms with Crippen molar-refractivity contribution in [2.75, 3.05) is 11.4 Å². The van der Waals surface area contributed by atoms with E-state index < -0.39 is 11.9 Å². The molecule has 1 saturated heterocycles. The van der Waals surface area contributed by atoms with Gasteiger partial charge in [0.05, 0.1) is 36.9 Å². The Labute approximate surface area is 188 Å². The first-order valence-electron chi connectivity index (χ1n) is 10.6. The van der Waals surface area contributed by atoms with E-state index in [2.05, 4.69) is 30.7 Å². The second-order valence-corrected chi connectivity index (χ2v) is 7.76. The SMILES string of the molecule is O=C1O[C@@H](Cn2ccnn2)CN1c1ccc(-c2ccc(CCCc3cn[nH]n3)nc2)c(F)c1. The number of anilines is 1. The Morgan fingerprint density at radius 1 is 1.15 bits per heavy atom. The molecule has 168 valence electrons. The van der Waals surface area contributed by atoms with Crippen molar-refractivity contribution in [1.29, 1.82) is 0 Å². The molecule has 0 radical (unpaired) electrons. The summed E-state index contributed by atoms with van der Waals surface area (Å²) in [5.41, 5.74) is 3.39. The number of carbonyl (C=O) groups excluding carboxylic acids is 1. The number of ether oxygens (including phenoxy) is 1. The minimum atomic E-state index is -0.510. The molecule has 0 spiro atoms. The lowest BCUT2D eigenvalue weighted by atomic mass is 10.0. The highest BCUT2D eigenvalue weighted by Gasteiger charge is 2.33. The molecule has 4 aromatic rings. The third-order valence-electron chi connectivity index (χ3n) is 5.47. The van der Waals surface area contributed by atoms with Crippen LogP contribution in [0.15, 0.2) is 55.1 Å². The quantitative estimate of drug-likeness (QED) is 0.441. The first-order valence-corrected chi connectivity index (χ1v) is 10.6. The van der Waals surface area contributed by atoms with E-state index in [0.717, 1.165) is 30.7 Å². The number of nitrogens with one attached hydrogen (secondary N) is 1. The van der Waals surface area contributed by atoms with Gasteiger partial charge in [0.25, 0.3) is 0 Å². The summed E-state index contributed by atoms with van der Waals surface area (Å²) in [6.07, 6.45) is 8.24. The summed E-state index contributed by atoms with van der Waals surface area (Å²) in [7, 11) is 0. The van der Waals surface area contributed by atoms with Gasteiger partial charge in [-0.05, 0) is 43.5 Å². The Morgan fingerprint density at radius 3 is 2.79 bits per heavy atom. The van der Waals surface area contributed by atoms with Gasteiger partial charge in [-0.15, -0.1) is 5.10 Å². The Bertz CT molecular complexity index is 1210. The first kappa shape index (κ1) is 20.7. The number of amides is 1. The molecule has 11 heteroatoms. The number of nitrogens with zero attached hydrogens (tertiary/aromatic N) is 7. The van der Waals surface area contributed by atoms with E-state index in [0.29, 0.717) is 29.9 Å². The van der Waals surface area contributed by atoms with Crippen LogP contribution in [-0.4, -0.2) is 54.1 Å². The number of rotatable bonds is 8. The Morgan fingerprint density at radius 2 is 2.06 bits per heavy atom. The zero-order valence-corrected chi connectivity index (χ0v) is 17.6. The number of hydrogen-bond donors (Lipinski definition) is 1. The number of halogens is 1. The lowest BCUT2D eigenvalue weighted by Crippen LogP contribution is -2.26. The molecule has 0 unspecified atom stereocenters. The van der Waals surface area contributed by atoms with Gasteiger partial charge >= 0.3 is 6.09 Å². The van der Waals surface area contributed by atoms with Gasteiger partial charge in [-0.2, -0.15) is 15.4 Å². The van der Waals surface area contributed by atoms with Crippen molar-refractivity contribution in [3.05, 3.63) is 72.3 Å². The molecule has 4 heterocycles. The lowest BCUT2D eigenvalue weighted by Gasteiger charge is -2.14. The van der Waals surface area contributed by atoms with E-state index in [4.69, 9.17) is 4.74 Å². The van der Waals surface area contributed by atoms with Crippen molar-refractivity contribution >= 4 is 11.8 Å². The van der Waals surface area contributed by atoms with E-state index in [9.17, 15) is 9.18 Å². The predicted octanol–water partition coefficient (Wildman–Crippen LogP) is 2.80. The number of aromatic nitrogens is 7. The maximum atomic E-state index is 14.9. The van der Waals surface area contributed by atoms with E-state index in [-0.39, 0.29) is 6.10 Å². The number of aryl methyl sites for hydroxylation is 2. The third kappa shape index (κ3) is 4.71. The second-order valence-electron chi connectivity index (χ2n) is 7.76. The van der Waals surface area contributed by atoms with Crippen molar-refractivity contribution in [3.63, 3.8) is 0 Å². The van der Waals surface area contributed by atoms with Crippen LogP contribution < -0.4 is 4.90 Å². The van der Waals surface area contributed by atoms with E-state index >= 15 is 0 Å². The number of cyclic esters (lactones) is 1. The first-order chi connectivity index (χ1) is 16.2. The maximum Gasteiger partial charge on any atom is 0.414 e. The smallest absolute Gasteiger partial charge is 0.414 e. The molecule has 1 aromatic carbocycles. The fraction of sp³-hybridized carbons (Fsp3) is 0.273. The number of carbonyl (C=O) groups is 1. The molecule has 1 fully saturated rings. The molecule has 1 aliphatic rings. The van der Waals surface area contributed by atoms with Crippen LogP contribution in [-0.2, 0) is 24.1 Å². The van der Waals surface area contributed by atoms with Gasteiger partial charge in [-0.3, -0.25) is 9.88 Å². The average Bonchev–Trinajstić information content (AvgIpc) is 3.58. The van der Waals surface area contributed by atoms with Crippen molar-refractivity contribution in [1.82, 2.24) is 35.4 Å². The van der Waals surface area contributed by atoms with Gasteiger partial charge in [0.2, 0.25) is 0 Å². The molecule has 1 atom stereocenters. The molecule has 0 aliphatic carbocycles. The highest BCUT2D eigenvalue weighted by Crippen LogP contribution is 2.29. The number of aromatic amines is 1. The molecule has 1 amide bonds. The van der Waals surface area contributed by atoms with Gasteiger partial charge in [-0.1, -0.05) is 11.3 Å². The monoisotopic (exact) mass is 448 g/mol. The molecular weight excluding hydrogens is 427 g/mol. The zero-order valence-electron chi connectivity index (χ0n) is 17.6. The molecule has 5 rings (SSSR count). The van der Waals surface area contributed by atoms with Gasteiger partial charge < -0.3 is 4.74 Å². The molecule has 1 aliphatic heterocycles.